The summed E-state index contributed by atoms with van der Waals surface area (Å²) in [6, 6.07) is 9.93. The molecule has 0 atom stereocenters. The minimum Gasteiger partial charge on any atom is -0.493 e. The van der Waals surface area contributed by atoms with Crippen molar-refractivity contribution in [2.75, 3.05) is 33.3 Å². The van der Waals surface area contributed by atoms with Gasteiger partial charge < -0.3 is 24.3 Å². The lowest BCUT2D eigenvalue weighted by Crippen LogP contribution is -2.09. The molecule has 0 bridgehead atoms. The first-order valence-electron chi connectivity index (χ1n) is 8.58. The van der Waals surface area contributed by atoms with Crippen LogP contribution in [0.2, 0.25) is 0 Å². The summed E-state index contributed by atoms with van der Waals surface area (Å²) in [5, 5.41) is 2.73. The molecule has 1 N–H and O–H groups in total. The Hall–Kier alpha value is -3.48. The van der Waals surface area contributed by atoms with Crippen LogP contribution in [0.15, 0.2) is 42.5 Å². The van der Waals surface area contributed by atoms with E-state index in [2.05, 4.69) is 5.32 Å². The molecule has 0 spiro atoms. The molecule has 0 saturated heterocycles. The minimum atomic E-state index is -0.400. The molecule has 2 aromatic rings. The van der Waals surface area contributed by atoms with E-state index in [1.807, 2.05) is 0 Å². The molecule has 0 unspecified atom stereocenters. The maximum atomic E-state index is 12.2. The van der Waals surface area contributed by atoms with Gasteiger partial charge in [0.25, 0.3) is 0 Å². The van der Waals surface area contributed by atoms with Gasteiger partial charge >= 0.3 is 5.97 Å². The monoisotopic (exact) mass is 385 g/mol. The number of hydrogen-bond acceptors (Lipinski definition) is 6. The second kappa shape index (κ2) is 10.0. The largest absolute Gasteiger partial charge is 0.493 e. The average Bonchev–Trinajstić information content (AvgIpc) is 2.72. The predicted octanol–water partition coefficient (Wildman–Crippen LogP) is 3.54. The summed E-state index contributed by atoms with van der Waals surface area (Å²) in [6.45, 7) is 2.05. The molecule has 2 rings (SSSR count). The first kappa shape index (κ1) is 20.8. The van der Waals surface area contributed by atoms with E-state index >= 15 is 0 Å². The maximum absolute atomic E-state index is 12.2. The molecule has 7 nitrogen and oxygen atoms in total. The number of nitrogens with one attached hydrogen (secondary N) is 1. The van der Waals surface area contributed by atoms with Crippen molar-refractivity contribution in [3.05, 3.63) is 53.6 Å². The quantitative estimate of drug-likeness (QED) is 0.553. The number of amides is 1. The van der Waals surface area contributed by atoms with Gasteiger partial charge in [0.05, 0.1) is 33.5 Å². The van der Waals surface area contributed by atoms with E-state index in [9.17, 15) is 9.59 Å². The van der Waals surface area contributed by atoms with Crippen LogP contribution in [0.4, 0.5) is 5.69 Å². The zero-order valence-electron chi connectivity index (χ0n) is 16.3. The fourth-order valence-corrected chi connectivity index (χ4v) is 2.46. The average molecular weight is 385 g/mol. The van der Waals surface area contributed by atoms with Gasteiger partial charge in [0.2, 0.25) is 11.7 Å². The molecule has 0 aliphatic rings. The van der Waals surface area contributed by atoms with Gasteiger partial charge in [-0.3, -0.25) is 4.79 Å². The topological polar surface area (TPSA) is 83.1 Å². The molecule has 148 valence electrons. The van der Waals surface area contributed by atoms with Crippen molar-refractivity contribution in [1.29, 1.82) is 0 Å². The van der Waals surface area contributed by atoms with Crippen LogP contribution in [-0.4, -0.2) is 39.8 Å². The number of esters is 1. The summed E-state index contributed by atoms with van der Waals surface area (Å²) in [7, 11) is 4.57. The molecule has 0 radical (unpaired) electrons. The maximum Gasteiger partial charge on any atom is 0.338 e. The summed E-state index contributed by atoms with van der Waals surface area (Å²) in [5.41, 5.74) is 1.70. The smallest absolute Gasteiger partial charge is 0.338 e. The van der Waals surface area contributed by atoms with Crippen LogP contribution in [0.25, 0.3) is 6.08 Å². The van der Waals surface area contributed by atoms with E-state index in [0.29, 0.717) is 40.7 Å². The highest BCUT2D eigenvalue weighted by Gasteiger charge is 2.12. The lowest BCUT2D eigenvalue weighted by molar-refractivity contribution is -0.111. The highest BCUT2D eigenvalue weighted by atomic mass is 16.5. The number of benzene rings is 2. The van der Waals surface area contributed by atoms with Gasteiger partial charge in [0.1, 0.15) is 0 Å². The normalized spacial score (nSPS) is 10.4. The number of anilines is 1. The minimum absolute atomic E-state index is 0.309. The Bertz CT molecular complexity index is 833. The van der Waals surface area contributed by atoms with Crippen LogP contribution >= 0.6 is 0 Å². The van der Waals surface area contributed by atoms with Gasteiger partial charge in [-0.05, 0) is 55.0 Å². The van der Waals surface area contributed by atoms with E-state index in [1.165, 1.54) is 27.4 Å². The highest BCUT2D eigenvalue weighted by Crippen LogP contribution is 2.38. The first-order chi connectivity index (χ1) is 13.5. The third-order valence-electron chi connectivity index (χ3n) is 3.78. The Balaban J connectivity index is 2.08. The number of ether oxygens (including phenoxy) is 4. The summed E-state index contributed by atoms with van der Waals surface area (Å²) >= 11 is 0. The molecule has 28 heavy (non-hydrogen) atoms. The number of rotatable bonds is 8. The molecule has 0 saturated carbocycles. The van der Waals surface area contributed by atoms with Crippen molar-refractivity contribution < 1.29 is 28.5 Å². The fraction of sp³-hybridized carbons (Fsp3) is 0.238. The zero-order chi connectivity index (χ0) is 20.5. The van der Waals surface area contributed by atoms with E-state index in [0.717, 1.165) is 0 Å². The Kier molecular flexibility index (Phi) is 7.45. The van der Waals surface area contributed by atoms with Crippen molar-refractivity contribution in [2.45, 2.75) is 6.92 Å². The van der Waals surface area contributed by atoms with Crippen molar-refractivity contribution in [3.63, 3.8) is 0 Å². The molecule has 7 heteroatoms. The van der Waals surface area contributed by atoms with Crippen molar-refractivity contribution in [3.8, 4) is 17.2 Å². The van der Waals surface area contributed by atoms with Crippen molar-refractivity contribution in [1.82, 2.24) is 0 Å². The van der Waals surface area contributed by atoms with E-state index in [4.69, 9.17) is 18.9 Å². The van der Waals surface area contributed by atoms with Gasteiger partial charge in [0, 0.05) is 11.8 Å². The van der Waals surface area contributed by atoms with Crippen LogP contribution < -0.4 is 19.5 Å². The van der Waals surface area contributed by atoms with Gasteiger partial charge in [-0.1, -0.05) is 0 Å². The third kappa shape index (κ3) is 5.26. The van der Waals surface area contributed by atoms with E-state index in [1.54, 1.807) is 49.4 Å². The molecule has 2 aromatic carbocycles. The summed E-state index contributed by atoms with van der Waals surface area (Å²) < 4.78 is 20.8. The third-order valence-corrected chi connectivity index (χ3v) is 3.78. The zero-order valence-corrected chi connectivity index (χ0v) is 16.3. The number of carbonyl (C=O) groups excluding carboxylic acids is 2. The number of carbonyl (C=O) groups is 2. The molecule has 0 heterocycles. The standard InChI is InChI=1S/C21H23NO6/c1-5-28-21(24)15-7-9-16(10-8-15)22-19(23)11-6-14-12-17(25-2)20(27-4)18(13-14)26-3/h6-13H,5H2,1-4H3,(H,22,23). The second-order valence-electron chi connectivity index (χ2n) is 5.58. The molecule has 0 fully saturated rings. The highest BCUT2D eigenvalue weighted by molar-refractivity contribution is 6.02. The van der Waals surface area contributed by atoms with Gasteiger partial charge in [-0.2, -0.15) is 0 Å². The lowest BCUT2D eigenvalue weighted by atomic mass is 10.1. The van der Waals surface area contributed by atoms with Crippen LogP contribution in [0.5, 0.6) is 17.2 Å². The fourth-order valence-electron chi connectivity index (χ4n) is 2.46. The van der Waals surface area contributed by atoms with Crippen molar-refractivity contribution in [2.24, 2.45) is 0 Å². The molecule has 0 aliphatic carbocycles. The summed E-state index contributed by atoms with van der Waals surface area (Å²) in [5.74, 6) is 0.751. The van der Waals surface area contributed by atoms with Crippen molar-refractivity contribution >= 4 is 23.6 Å². The van der Waals surface area contributed by atoms with Gasteiger partial charge in [-0.15, -0.1) is 0 Å². The predicted molar refractivity (Wildman–Crippen MR) is 106 cm³/mol. The SMILES string of the molecule is CCOC(=O)c1ccc(NC(=O)C=Cc2cc(OC)c(OC)c(OC)c2)cc1. The van der Waals surface area contributed by atoms with E-state index in [-0.39, 0.29) is 5.91 Å². The molecule has 1 amide bonds. The molecule has 0 aromatic heterocycles. The molecular formula is C21H23NO6. The van der Waals surface area contributed by atoms with Gasteiger partial charge in [-0.25, -0.2) is 4.79 Å². The second-order valence-corrected chi connectivity index (χ2v) is 5.58. The molecule has 0 aliphatic heterocycles. The Morgan fingerprint density at radius 3 is 2.07 bits per heavy atom. The van der Waals surface area contributed by atoms with Crippen LogP contribution in [0.3, 0.4) is 0 Å². The van der Waals surface area contributed by atoms with Crippen LogP contribution in [-0.2, 0) is 9.53 Å². The number of hydrogen-bond donors (Lipinski definition) is 1. The summed E-state index contributed by atoms with van der Waals surface area (Å²) in [4.78, 5) is 23.8. The summed E-state index contributed by atoms with van der Waals surface area (Å²) in [6.07, 6.45) is 3.02. The van der Waals surface area contributed by atoms with Crippen LogP contribution in [0, 0.1) is 0 Å². The Labute approximate surface area is 163 Å². The number of methoxy groups -OCH3 is 3. The first-order valence-corrected chi connectivity index (χ1v) is 8.58. The Morgan fingerprint density at radius 1 is 0.964 bits per heavy atom. The van der Waals surface area contributed by atoms with E-state index < -0.39 is 5.97 Å². The lowest BCUT2D eigenvalue weighted by Gasteiger charge is -2.12. The van der Waals surface area contributed by atoms with Gasteiger partial charge in [0.15, 0.2) is 11.5 Å². The molecular weight excluding hydrogens is 362 g/mol. The van der Waals surface area contributed by atoms with Crippen LogP contribution in [0.1, 0.15) is 22.8 Å². The Morgan fingerprint density at radius 2 is 1.57 bits per heavy atom.